The summed E-state index contributed by atoms with van der Waals surface area (Å²) in [6.07, 6.45) is 0. The van der Waals surface area contributed by atoms with Crippen LogP contribution in [0.5, 0.6) is 0 Å². The highest BCUT2D eigenvalue weighted by molar-refractivity contribution is 7.09. The predicted molar refractivity (Wildman–Crippen MR) is 83.0 cm³/mol. The quantitative estimate of drug-likeness (QED) is 0.841. The second-order valence-electron chi connectivity index (χ2n) is 4.76. The minimum atomic E-state index is -0.0183. The molecule has 0 atom stereocenters. The highest BCUT2D eigenvalue weighted by Gasteiger charge is 2.16. The zero-order chi connectivity index (χ0) is 15.2. The molecule has 0 aliphatic carbocycles. The number of nitrogen functional groups attached to an aromatic ring is 1. The number of hydrogen-bond donors (Lipinski definition) is 1. The van der Waals surface area contributed by atoms with Gasteiger partial charge in [-0.1, -0.05) is 6.07 Å². The molecular formula is C14H20N4O2S. The van der Waals surface area contributed by atoms with E-state index in [4.69, 9.17) is 10.5 Å². The van der Waals surface area contributed by atoms with Crippen LogP contribution >= 0.6 is 11.3 Å². The molecule has 0 unspecified atom stereocenters. The van der Waals surface area contributed by atoms with Crippen LogP contribution < -0.4 is 5.73 Å². The first kappa shape index (κ1) is 15.5. The van der Waals surface area contributed by atoms with Crippen molar-refractivity contribution in [3.05, 3.63) is 34.2 Å². The van der Waals surface area contributed by atoms with Crippen molar-refractivity contribution in [3.63, 3.8) is 0 Å². The summed E-state index contributed by atoms with van der Waals surface area (Å²) in [6, 6.07) is 5.75. The molecule has 0 aliphatic heterocycles. The van der Waals surface area contributed by atoms with Gasteiger partial charge >= 0.3 is 0 Å². The number of thiophene rings is 1. The van der Waals surface area contributed by atoms with E-state index in [-0.39, 0.29) is 12.5 Å². The number of ether oxygens (including phenoxy) is 1. The largest absolute Gasteiger partial charge is 0.384 e. The van der Waals surface area contributed by atoms with Gasteiger partial charge in [-0.2, -0.15) is 5.10 Å². The summed E-state index contributed by atoms with van der Waals surface area (Å²) in [6.45, 7) is 3.64. The molecule has 2 aromatic rings. The number of aromatic nitrogens is 2. The summed E-state index contributed by atoms with van der Waals surface area (Å²) in [5.41, 5.74) is 6.64. The van der Waals surface area contributed by atoms with E-state index in [0.29, 0.717) is 25.5 Å². The van der Waals surface area contributed by atoms with Crippen molar-refractivity contribution in [1.82, 2.24) is 14.7 Å². The average molecular weight is 308 g/mol. The van der Waals surface area contributed by atoms with Crippen LogP contribution in [0, 0.1) is 6.92 Å². The lowest BCUT2D eigenvalue weighted by Crippen LogP contribution is -2.36. The number of nitrogens with two attached hydrogens (primary N) is 1. The first-order valence-electron chi connectivity index (χ1n) is 6.69. The minimum absolute atomic E-state index is 0.0183. The lowest BCUT2D eigenvalue weighted by molar-refractivity contribution is -0.133. The topological polar surface area (TPSA) is 73.4 Å². The highest BCUT2D eigenvalue weighted by atomic mass is 32.1. The number of hydrogen-bond acceptors (Lipinski definition) is 5. The van der Waals surface area contributed by atoms with Gasteiger partial charge in [0.15, 0.2) is 0 Å². The Morgan fingerprint density at radius 2 is 2.38 bits per heavy atom. The fourth-order valence-electron chi connectivity index (χ4n) is 2.00. The molecule has 0 fully saturated rings. The van der Waals surface area contributed by atoms with Crippen LogP contribution in [-0.2, 0) is 22.6 Å². The van der Waals surface area contributed by atoms with Crippen molar-refractivity contribution in [2.45, 2.75) is 20.0 Å². The Labute approximate surface area is 128 Å². The molecule has 2 aromatic heterocycles. The molecular weight excluding hydrogens is 288 g/mol. The van der Waals surface area contributed by atoms with Crippen molar-refractivity contribution in [2.24, 2.45) is 0 Å². The van der Waals surface area contributed by atoms with Crippen molar-refractivity contribution in [2.75, 3.05) is 26.0 Å². The monoisotopic (exact) mass is 308 g/mol. The van der Waals surface area contributed by atoms with Crippen LogP contribution in [-0.4, -0.2) is 40.8 Å². The Kier molecular flexibility index (Phi) is 5.35. The number of aryl methyl sites for hydroxylation is 1. The molecule has 0 radical (unpaired) electrons. The molecule has 0 saturated heterocycles. The number of carbonyl (C=O) groups excluding carboxylic acids is 1. The van der Waals surface area contributed by atoms with Crippen LogP contribution in [0.1, 0.15) is 10.6 Å². The molecule has 0 spiro atoms. The number of nitrogens with zero attached hydrogens (tertiary/aromatic N) is 3. The minimum Gasteiger partial charge on any atom is -0.384 e. The SMILES string of the molecule is COCCN(Cc1cccs1)C(=O)Cn1nc(C)cc1N. The Morgan fingerprint density at radius 3 is 2.95 bits per heavy atom. The van der Waals surface area contributed by atoms with Crippen molar-refractivity contribution in [1.29, 1.82) is 0 Å². The maximum Gasteiger partial charge on any atom is 0.244 e. The second-order valence-corrected chi connectivity index (χ2v) is 5.79. The zero-order valence-electron chi connectivity index (χ0n) is 12.3. The highest BCUT2D eigenvalue weighted by Crippen LogP contribution is 2.13. The molecule has 0 bridgehead atoms. The molecule has 6 nitrogen and oxygen atoms in total. The third-order valence-corrected chi connectivity index (χ3v) is 3.92. The molecule has 0 aromatic carbocycles. The van der Waals surface area contributed by atoms with Crippen LogP contribution in [0.25, 0.3) is 0 Å². The van der Waals surface area contributed by atoms with Crippen LogP contribution in [0.4, 0.5) is 5.82 Å². The van der Waals surface area contributed by atoms with Crippen molar-refractivity contribution < 1.29 is 9.53 Å². The van der Waals surface area contributed by atoms with Crippen LogP contribution in [0.15, 0.2) is 23.6 Å². The van der Waals surface area contributed by atoms with Gasteiger partial charge in [-0.25, -0.2) is 4.68 Å². The molecule has 21 heavy (non-hydrogen) atoms. The molecule has 2 heterocycles. The van der Waals surface area contributed by atoms with Gasteiger partial charge in [0, 0.05) is 24.6 Å². The van der Waals surface area contributed by atoms with E-state index in [0.717, 1.165) is 10.6 Å². The number of amides is 1. The van der Waals surface area contributed by atoms with E-state index in [2.05, 4.69) is 5.10 Å². The van der Waals surface area contributed by atoms with Gasteiger partial charge in [-0.15, -0.1) is 11.3 Å². The molecule has 1 amide bonds. The normalized spacial score (nSPS) is 10.8. The lowest BCUT2D eigenvalue weighted by atomic mass is 10.3. The van der Waals surface area contributed by atoms with Gasteiger partial charge in [-0.3, -0.25) is 4.79 Å². The first-order chi connectivity index (χ1) is 10.1. The van der Waals surface area contributed by atoms with Crippen LogP contribution in [0.2, 0.25) is 0 Å². The van der Waals surface area contributed by atoms with Crippen molar-refractivity contribution >= 4 is 23.1 Å². The maximum absolute atomic E-state index is 12.5. The number of anilines is 1. The molecule has 7 heteroatoms. The van der Waals surface area contributed by atoms with Gasteiger partial charge in [0.1, 0.15) is 12.4 Å². The standard InChI is InChI=1S/C14H20N4O2S/c1-11-8-13(15)18(16-11)10-14(19)17(5-6-20-2)9-12-4-3-7-21-12/h3-4,7-8H,5-6,9-10,15H2,1-2H3. The van der Waals surface area contributed by atoms with Gasteiger partial charge in [0.2, 0.25) is 5.91 Å². The predicted octanol–water partition coefficient (Wildman–Crippen LogP) is 1.51. The molecule has 2 rings (SSSR count). The summed E-state index contributed by atoms with van der Waals surface area (Å²) < 4.78 is 6.62. The lowest BCUT2D eigenvalue weighted by Gasteiger charge is -2.22. The Bertz CT molecular complexity index is 580. The second kappa shape index (κ2) is 7.24. The Morgan fingerprint density at radius 1 is 1.57 bits per heavy atom. The first-order valence-corrected chi connectivity index (χ1v) is 7.57. The number of rotatable bonds is 7. The number of methoxy groups -OCH3 is 1. The van der Waals surface area contributed by atoms with Crippen molar-refractivity contribution in [3.8, 4) is 0 Å². The molecule has 0 saturated carbocycles. The third kappa shape index (κ3) is 4.30. The molecule has 2 N–H and O–H groups in total. The maximum atomic E-state index is 12.5. The third-order valence-electron chi connectivity index (χ3n) is 3.06. The molecule has 114 valence electrons. The fourth-order valence-corrected chi connectivity index (χ4v) is 2.72. The summed E-state index contributed by atoms with van der Waals surface area (Å²) in [5, 5.41) is 6.23. The van der Waals surface area contributed by atoms with E-state index >= 15 is 0 Å². The number of carbonyl (C=O) groups is 1. The van der Waals surface area contributed by atoms with Gasteiger partial charge in [0.05, 0.1) is 18.8 Å². The van der Waals surface area contributed by atoms with E-state index in [1.54, 1.807) is 29.4 Å². The van der Waals surface area contributed by atoms with Gasteiger partial charge in [0.25, 0.3) is 0 Å². The Balaban J connectivity index is 2.04. The molecule has 0 aliphatic rings. The average Bonchev–Trinajstić information content (AvgIpc) is 3.05. The van der Waals surface area contributed by atoms with E-state index in [9.17, 15) is 4.79 Å². The van der Waals surface area contributed by atoms with Gasteiger partial charge in [-0.05, 0) is 18.4 Å². The van der Waals surface area contributed by atoms with E-state index < -0.39 is 0 Å². The summed E-state index contributed by atoms with van der Waals surface area (Å²) in [4.78, 5) is 15.4. The fraction of sp³-hybridized carbons (Fsp3) is 0.429. The summed E-state index contributed by atoms with van der Waals surface area (Å²) in [5.74, 6) is 0.485. The summed E-state index contributed by atoms with van der Waals surface area (Å²) in [7, 11) is 1.63. The summed E-state index contributed by atoms with van der Waals surface area (Å²) >= 11 is 1.63. The van der Waals surface area contributed by atoms with Crippen LogP contribution in [0.3, 0.4) is 0 Å². The van der Waals surface area contributed by atoms with Gasteiger partial charge < -0.3 is 15.4 Å². The smallest absolute Gasteiger partial charge is 0.244 e. The zero-order valence-corrected chi connectivity index (χ0v) is 13.1. The van der Waals surface area contributed by atoms with E-state index in [1.807, 2.05) is 24.4 Å². The van der Waals surface area contributed by atoms with E-state index in [1.165, 1.54) is 4.68 Å². The Hall–Kier alpha value is -1.86.